The summed E-state index contributed by atoms with van der Waals surface area (Å²) in [6, 6.07) is 5.58. The van der Waals surface area contributed by atoms with Crippen molar-refractivity contribution in [1.82, 2.24) is 5.32 Å². The van der Waals surface area contributed by atoms with Crippen LogP contribution in [-0.2, 0) is 14.8 Å². The lowest BCUT2D eigenvalue weighted by atomic mass is 10.1. The van der Waals surface area contributed by atoms with Crippen LogP contribution in [0, 0.1) is 5.92 Å². The van der Waals surface area contributed by atoms with E-state index in [1.54, 1.807) is 31.2 Å². The van der Waals surface area contributed by atoms with Crippen LogP contribution in [0.15, 0.2) is 24.3 Å². The molecule has 0 aliphatic carbocycles. The maximum absolute atomic E-state index is 12.6. The molecule has 5 nitrogen and oxygen atoms in total. The summed E-state index contributed by atoms with van der Waals surface area (Å²) in [5.74, 6) is -0.0345. The number of halogens is 1. The molecule has 0 saturated heterocycles. The summed E-state index contributed by atoms with van der Waals surface area (Å²) in [6.07, 6.45) is 1.47. The van der Waals surface area contributed by atoms with Crippen LogP contribution >= 0.6 is 11.6 Å². The number of carbonyl (C=O) groups excluding carboxylic acids is 1. The monoisotopic (exact) mass is 360 g/mol. The number of nitrogens with one attached hydrogen (secondary N) is 1. The van der Waals surface area contributed by atoms with Gasteiger partial charge in [-0.1, -0.05) is 32.4 Å². The third kappa shape index (κ3) is 5.39. The molecule has 0 spiro atoms. The average Bonchev–Trinajstić information content (AvgIpc) is 2.44. The van der Waals surface area contributed by atoms with Gasteiger partial charge < -0.3 is 5.32 Å². The Morgan fingerprint density at radius 1 is 1.22 bits per heavy atom. The third-order valence-electron chi connectivity index (χ3n) is 3.78. The molecule has 7 heteroatoms. The first-order valence-electron chi connectivity index (χ1n) is 7.63. The van der Waals surface area contributed by atoms with E-state index in [4.69, 9.17) is 11.6 Å². The van der Waals surface area contributed by atoms with Crippen molar-refractivity contribution in [1.29, 1.82) is 0 Å². The highest BCUT2D eigenvalue weighted by molar-refractivity contribution is 7.92. The van der Waals surface area contributed by atoms with E-state index in [0.29, 0.717) is 17.1 Å². The Morgan fingerprint density at radius 3 is 2.13 bits per heavy atom. The average molecular weight is 361 g/mol. The molecule has 1 N–H and O–H groups in total. The number of benzene rings is 1. The van der Waals surface area contributed by atoms with Crippen molar-refractivity contribution in [2.75, 3.05) is 10.6 Å². The van der Waals surface area contributed by atoms with Crippen LogP contribution in [-0.4, -0.2) is 32.7 Å². The highest BCUT2D eigenvalue weighted by Gasteiger charge is 2.32. The first-order valence-corrected chi connectivity index (χ1v) is 9.85. The number of hydrogen-bond acceptors (Lipinski definition) is 3. The van der Waals surface area contributed by atoms with Crippen LogP contribution in [0.5, 0.6) is 0 Å². The number of sulfonamides is 1. The minimum absolute atomic E-state index is 0.0387. The first-order chi connectivity index (χ1) is 10.6. The second kappa shape index (κ2) is 8.02. The van der Waals surface area contributed by atoms with Gasteiger partial charge in [-0.2, -0.15) is 0 Å². The lowest BCUT2D eigenvalue weighted by molar-refractivity contribution is -0.123. The smallest absolute Gasteiger partial charge is 0.244 e. The van der Waals surface area contributed by atoms with Crippen molar-refractivity contribution in [3.8, 4) is 0 Å². The Bertz CT molecular complexity index is 629. The maximum Gasteiger partial charge on any atom is 0.244 e. The van der Waals surface area contributed by atoms with Crippen LogP contribution in [0.25, 0.3) is 0 Å². The molecule has 0 radical (unpaired) electrons. The van der Waals surface area contributed by atoms with E-state index < -0.39 is 16.1 Å². The van der Waals surface area contributed by atoms with Gasteiger partial charge in [0.15, 0.2) is 0 Å². The first kappa shape index (κ1) is 19.8. The quantitative estimate of drug-likeness (QED) is 0.812. The van der Waals surface area contributed by atoms with Gasteiger partial charge in [-0.25, -0.2) is 8.42 Å². The van der Waals surface area contributed by atoms with Gasteiger partial charge >= 0.3 is 0 Å². The van der Waals surface area contributed by atoms with Crippen molar-refractivity contribution < 1.29 is 13.2 Å². The molecule has 1 rings (SSSR count). The fraction of sp³-hybridized carbons (Fsp3) is 0.562. The van der Waals surface area contributed by atoms with E-state index in [0.717, 1.165) is 10.6 Å². The molecule has 0 aliphatic rings. The molecule has 23 heavy (non-hydrogen) atoms. The number of hydrogen-bond donors (Lipinski definition) is 1. The van der Waals surface area contributed by atoms with E-state index in [-0.39, 0.29) is 17.9 Å². The molecule has 1 aromatic carbocycles. The molecular weight excluding hydrogens is 336 g/mol. The van der Waals surface area contributed by atoms with E-state index in [9.17, 15) is 13.2 Å². The Labute approximate surface area is 144 Å². The fourth-order valence-corrected chi connectivity index (χ4v) is 3.47. The zero-order chi connectivity index (χ0) is 17.8. The minimum atomic E-state index is -3.61. The minimum Gasteiger partial charge on any atom is -0.352 e. The topological polar surface area (TPSA) is 66.5 Å². The summed E-state index contributed by atoms with van der Waals surface area (Å²) < 4.78 is 25.7. The lowest BCUT2D eigenvalue weighted by Gasteiger charge is -2.31. The van der Waals surface area contributed by atoms with Gasteiger partial charge in [-0.3, -0.25) is 9.10 Å². The number of carbonyl (C=O) groups is 1. The van der Waals surface area contributed by atoms with E-state index in [1.807, 2.05) is 20.8 Å². The normalized spacial score (nSPS) is 14.4. The van der Waals surface area contributed by atoms with Gasteiger partial charge in [0.05, 0.1) is 11.9 Å². The summed E-state index contributed by atoms with van der Waals surface area (Å²) in [6.45, 7) is 7.69. The Morgan fingerprint density at radius 2 is 1.74 bits per heavy atom. The molecule has 0 aromatic heterocycles. The Kier molecular flexibility index (Phi) is 6.89. The molecule has 0 saturated carbocycles. The van der Waals surface area contributed by atoms with Crippen LogP contribution < -0.4 is 9.62 Å². The zero-order valence-electron chi connectivity index (χ0n) is 14.2. The highest BCUT2D eigenvalue weighted by Crippen LogP contribution is 2.24. The molecule has 130 valence electrons. The van der Waals surface area contributed by atoms with Crippen molar-refractivity contribution >= 4 is 33.2 Å². The van der Waals surface area contributed by atoms with Crippen LogP contribution in [0.1, 0.15) is 34.1 Å². The molecule has 1 amide bonds. The Balaban J connectivity index is 3.18. The van der Waals surface area contributed by atoms with Crippen molar-refractivity contribution in [3.05, 3.63) is 29.3 Å². The molecular formula is C16H25ClN2O3S. The molecule has 2 atom stereocenters. The summed E-state index contributed by atoms with van der Waals surface area (Å²) >= 11 is 5.86. The SMILES string of the molecule is CC[C@H](C(=O)N[C@@H](C)C(C)C)N(c1ccc(Cl)cc1)S(C)(=O)=O. The predicted molar refractivity (Wildman–Crippen MR) is 95.3 cm³/mol. The van der Waals surface area contributed by atoms with Gasteiger partial charge in [0.2, 0.25) is 15.9 Å². The maximum atomic E-state index is 12.6. The molecule has 0 fully saturated rings. The summed E-state index contributed by atoms with van der Waals surface area (Å²) in [5, 5.41) is 3.40. The lowest BCUT2D eigenvalue weighted by Crippen LogP contribution is -2.51. The number of nitrogens with zero attached hydrogens (tertiary/aromatic N) is 1. The molecule has 0 heterocycles. The summed E-state index contributed by atoms with van der Waals surface area (Å²) in [4.78, 5) is 12.6. The van der Waals surface area contributed by atoms with E-state index in [1.165, 1.54) is 0 Å². The van der Waals surface area contributed by atoms with Gasteiger partial charge in [0.1, 0.15) is 6.04 Å². The van der Waals surface area contributed by atoms with Crippen molar-refractivity contribution in [2.24, 2.45) is 5.92 Å². The zero-order valence-corrected chi connectivity index (χ0v) is 15.8. The fourth-order valence-electron chi connectivity index (χ4n) is 2.14. The standard InChI is InChI=1S/C16H25ClN2O3S/c1-6-15(16(20)18-12(4)11(2)3)19(23(5,21)22)14-9-7-13(17)8-10-14/h7-12,15H,6H2,1-5H3,(H,18,20)/t12-,15+/m0/s1. The molecule has 1 aromatic rings. The van der Waals surface area contributed by atoms with Gasteiger partial charge in [-0.05, 0) is 43.5 Å². The van der Waals surface area contributed by atoms with E-state index >= 15 is 0 Å². The van der Waals surface area contributed by atoms with Crippen molar-refractivity contribution in [2.45, 2.75) is 46.2 Å². The van der Waals surface area contributed by atoms with Crippen LogP contribution in [0.3, 0.4) is 0 Å². The van der Waals surface area contributed by atoms with Gasteiger partial charge in [0, 0.05) is 11.1 Å². The predicted octanol–water partition coefficient (Wildman–Crippen LogP) is 3.05. The van der Waals surface area contributed by atoms with Crippen LogP contribution in [0.2, 0.25) is 5.02 Å². The second-order valence-corrected chi connectivity index (χ2v) is 8.30. The molecule has 0 unspecified atom stereocenters. The Hall–Kier alpha value is -1.27. The number of rotatable bonds is 7. The number of amides is 1. The molecule has 0 aliphatic heterocycles. The van der Waals surface area contributed by atoms with Crippen LogP contribution in [0.4, 0.5) is 5.69 Å². The highest BCUT2D eigenvalue weighted by atomic mass is 35.5. The molecule has 0 bridgehead atoms. The summed E-state index contributed by atoms with van der Waals surface area (Å²) in [5.41, 5.74) is 0.427. The van der Waals surface area contributed by atoms with Gasteiger partial charge in [-0.15, -0.1) is 0 Å². The third-order valence-corrected chi connectivity index (χ3v) is 5.21. The summed E-state index contributed by atoms with van der Waals surface area (Å²) in [7, 11) is -3.61. The van der Waals surface area contributed by atoms with E-state index in [2.05, 4.69) is 5.32 Å². The second-order valence-electron chi connectivity index (χ2n) is 6.00. The number of anilines is 1. The van der Waals surface area contributed by atoms with Gasteiger partial charge in [0.25, 0.3) is 0 Å². The van der Waals surface area contributed by atoms with Crippen molar-refractivity contribution in [3.63, 3.8) is 0 Å². The largest absolute Gasteiger partial charge is 0.352 e.